The minimum Gasteiger partial charge on any atom is -0.496 e. The summed E-state index contributed by atoms with van der Waals surface area (Å²) in [6.45, 7) is 0.493. The standard InChI is InChI=1S/C29H26ClN3O5/c1-37-27-11-10-18(12-19(27)15-33-16-20(30)14-31-33)13-26(28(34)35)32-29(36)38-17-25-23-8-4-2-6-21(23)22-7-3-5-9-24(22)25/h2-12,14,16,25-26H,13,15,17H2,1H3,(H,32,36)(H,34,35). The number of aromatic nitrogens is 2. The zero-order chi connectivity index (χ0) is 26.6. The number of nitrogens with one attached hydrogen (secondary N) is 1. The van der Waals surface area contributed by atoms with Crippen LogP contribution in [-0.4, -0.2) is 46.7 Å². The van der Waals surface area contributed by atoms with Crippen LogP contribution in [0.5, 0.6) is 5.75 Å². The Morgan fingerprint density at radius 1 is 1.08 bits per heavy atom. The van der Waals surface area contributed by atoms with Gasteiger partial charge in [0.1, 0.15) is 18.4 Å². The van der Waals surface area contributed by atoms with Gasteiger partial charge in [0.15, 0.2) is 0 Å². The molecule has 1 aliphatic carbocycles. The molecule has 0 saturated carbocycles. The molecule has 2 N–H and O–H groups in total. The third-order valence-electron chi connectivity index (χ3n) is 6.65. The SMILES string of the molecule is COc1ccc(CC(NC(=O)OCC2c3ccccc3-c3ccccc32)C(=O)O)cc1Cn1cc(Cl)cn1. The number of hydrogen-bond acceptors (Lipinski definition) is 5. The maximum atomic E-state index is 12.7. The predicted molar refractivity (Wildman–Crippen MR) is 143 cm³/mol. The molecule has 3 aromatic carbocycles. The van der Waals surface area contributed by atoms with Gasteiger partial charge >= 0.3 is 12.1 Å². The number of rotatable bonds is 9. The van der Waals surface area contributed by atoms with Crippen LogP contribution in [0.3, 0.4) is 0 Å². The first kappa shape index (κ1) is 25.4. The van der Waals surface area contributed by atoms with Crippen molar-refractivity contribution >= 4 is 23.7 Å². The topological polar surface area (TPSA) is 103 Å². The van der Waals surface area contributed by atoms with Crippen LogP contribution in [0.15, 0.2) is 79.1 Å². The van der Waals surface area contributed by atoms with E-state index in [0.717, 1.165) is 27.8 Å². The number of carboxylic acid groups (broad SMARTS) is 1. The largest absolute Gasteiger partial charge is 0.496 e. The first-order valence-corrected chi connectivity index (χ1v) is 12.5. The number of carbonyl (C=O) groups is 2. The lowest BCUT2D eigenvalue weighted by Crippen LogP contribution is -2.42. The maximum Gasteiger partial charge on any atom is 0.407 e. The van der Waals surface area contributed by atoms with E-state index in [1.165, 1.54) is 6.20 Å². The van der Waals surface area contributed by atoms with Crippen molar-refractivity contribution in [1.29, 1.82) is 0 Å². The highest BCUT2D eigenvalue weighted by Gasteiger charge is 2.30. The van der Waals surface area contributed by atoms with Crippen molar-refractivity contribution in [2.24, 2.45) is 0 Å². The molecule has 1 aliphatic rings. The summed E-state index contributed by atoms with van der Waals surface area (Å²) in [5.74, 6) is -0.636. The van der Waals surface area contributed by atoms with E-state index in [1.807, 2.05) is 42.5 Å². The fourth-order valence-electron chi connectivity index (χ4n) is 4.90. The highest BCUT2D eigenvalue weighted by molar-refractivity contribution is 6.30. The minimum absolute atomic E-state index is 0.0659. The molecule has 0 spiro atoms. The fourth-order valence-corrected chi connectivity index (χ4v) is 5.06. The predicted octanol–water partition coefficient (Wildman–Crippen LogP) is 5.13. The Balaban J connectivity index is 1.26. The normalized spacial score (nSPS) is 12.9. The van der Waals surface area contributed by atoms with Crippen LogP contribution in [0.2, 0.25) is 5.02 Å². The number of alkyl carbamates (subject to hydrolysis) is 1. The molecule has 1 aromatic heterocycles. The van der Waals surface area contributed by atoms with Gasteiger partial charge in [0.05, 0.1) is 24.9 Å². The molecule has 1 amide bonds. The van der Waals surface area contributed by atoms with E-state index >= 15 is 0 Å². The molecular weight excluding hydrogens is 506 g/mol. The number of aliphatic carboxylic acids is 1. The molecule has 1 unspecified atom stereocenters. The van der Waals surface area contributed by atoms with E-state index in [4.69, 9.17) is 21.1 Å². The van der Waals surface area contributed by atoms with Gasteiger partial charge in [-0.05, 0) is 33.9 Å². The van der Waals surface area contributed by atoms with Gasteiger partial charge in [-0.1, -0.05) is 72.3 Å². The average Bonchev–Trinajstić information content (AvgIpc) is 3.47. The van der Waals surface area contributed by atoms with Gasteiger partial charge in [0.2, 0.25) is 0 Å². The van der Waals surface area contributed by atoms with Gasteiger partial charge in [-0.2, -0.15) is 5.10 Å². The van der Waals surface area contributed by atoms with Crippen LogP contribution in [0.25, 0.3) is 11.1 Å². The molecule has 1 atom stereocenters. The summed E-state index contributed by atoms with van der Waals surface area (Å²) in [5.41, 5.74) is 5.92. The van der Waals surface area contributed by atoms with E-state index in [1.54, 1.807) is 30.1 Å². The van der Waals surface area contributed by atoms with E-state index in [0.29, 0.717) is 22.9 Å². The zero-order valence-electron chi connectivity index (χ0n) is 20.6. The first-order valence-electron chi connectivity index (χ1n) is 12.1. The van der Waals surface area contributed by atoms with Gasteiger partial charge in [-0.25, -0.2) is 9.59 Å². The maximum absolute atomic E-state index is 12.7. The van der Waals surface area contributed by atoms with Crippen LogP contribution in [0, 0.1) is 0 Å². The Morgan fingerprint density at radius 3 is 2.37 bits per heavy atom. The number of halogens is 1. The lowest BCUT2D eigenvalue weighted by Gasteiger charge is -2.18. The molecular formula is C29H26ClN3O5. The number of ether oxygens (including phenoxy) is 2. The summed E-state index contributed by atoms with van der Waals surface area (Å²) < 4.78 is 12.6. The molecule has 0 bridgehead atoms. The number of carboxylic acids is 1. The molecule has 0 aliphatic heterocycles. The van der Waals surface area contributed by atoms with Crippen LogP contribution >= 0.6 is 11.6 Å². The van der Waals surface area contributed by atoms with Crippen LogP contribution in [-0.2, 0) is 22.5 Å². The van der Waals surface area contributed by atoms with Crippen molar-refractivity contribution in [3.63, 3.8) is 0 Å². The summed E-state index contributed by atoms with van der Waals surface area (Å²) in [4.78, 5) is 24.7. The number of nitrogens with zero attached hydrogens (tertiary/aromatic N) is 2. The van der Waals surface area contributed by atoms with Crippen molar-refractivity contribution in [2.75, 3.05) is 13.7 Å². The number of carbonyl (C=O) groups excluding carboxylic acids is 1. The van der Waals surface area contributed by atoms with Gasteiger partial charge in [0.25, 0.3) is 0 Å². The van der Waals surface area contributed by atoms with E-state index in [-0.39, 0.29) is 18.9 Å². The van der Waals surface area contributed by atoms with E-state index in [9.17, 15) is 14.7 Å². The Kier molecular flexibility index (Phi) is 7.33. The van der Waals surface area contributed by atoms with Crippen LogP contribution in [0.4, 0.5) is 4.79 Å². The Morgan fingerprint density at radius 2 is 1.76 bits per heavy atom. The molecule has 38 heavy (non-hydrogen) atoms. The number of hydrogen-bond donors (Lipinski definition) is 2. The lowest BCUT2D eigenvalue weighted by molar-refractivity contribution is -0.139. The third kappa shape index (κ3) is 5.35. The van der Waals surface area contributed by atoms with Gasteiger partial charge < -0.3 is 19.9 Å². The van der Waals surface area contributed by atoms with Crippen molar-refractivity contribution in [1.82, 2.24) is 15.1 Å². The molecule has 194 valence electrons. The van der Waals surface area contributed by atoms with Crippen molar-refractivity contribution in [2.45, 2.75) is 24.9 Å². The number of benzene rings is 3. The lowest BCUT2D eigenvalue weighted by atomic mass is 9.98. The summed E-state index contributed by atoms with van der Waals surface area (Å²) >= 11 is 5.97. The summed E-state index contributed by atoms with van der Waals surface area (Å²) in [6, 6.07) is 20.3. The Labute approximate surface area is 224 Å². The van der Waals surface area contributed by atoms with Gasteiger partial charge in [-0.15, -0.1) is 0 Å². The monoisotopic (exact) mass is 531 g/mol. The Hall–Kier alpha value is -4.30. The number of fused-ring (bicyclic) bond motifs is 3. The quantitative estimate of drug-likeness (QED) is 0.310. The van der Waals surface area contributed by atoms with Gasteiger partial charge in [0, 0.05) is 24.1 Å². The zero-order valence-corrected chi connectivity index (χ0v) is 21.4. The molecule has 0 fully saturated rings. The molecule has 1 heterocycles. The third-order valence-corrected chi connectivity index (χ3v) is 6.85. The van der Waals surface area contributed by atoms with Crippen molar-refractivity contribution < 1.29 is 24.2 Å². The highest BCUT2D eigenvalue weighted by atomic mass is 35.5. The highest BCUT2D eigenvalue weighted by Crippen LogP contribution is 2.44. The molecule has 8 nitrogen and oxygen atoms in total. The molecule has 9 heteroatoms. The number of methoxy groups -OCH3 is 1. The second-order valence-corrected chi connectivity index (χ2v) is 9.50. The fraction of sp³-hybridized carbons (Fsp3) is 0.207. The van der Waals surface area contributed by atoms with Gasteiger partial charge in [-0.3, -0.25) is 4.68 Å². The summed E-state index contributed by atoms with van der Waals surface area (Å²) in [5, 5.41) is 17.0. The smallest absolute Gasteiger partial charge is 0.407 e. The first-order chi connectivity index (χ1) is 18.4. The molecule has 0 saturated heterocycles. The van der Waals surface area contributed by atoms with Crippen molar-refractivity contribution in [3.8, 4) is 16.9 Å². The van der Waals surface area contributed by atoms with Crippen LogP contribution in [0.1, 0.15) is 28.2 Å². The molecule has 4 aromatic rings. The summed E-state index contributed by atoms with van der Waals surface area (Å²) in [6.07, 6.45) is 2.51. The second-order valence-electron chi connectivity index (χ2n) is 9.07. The second kappa shape index (κ2) is 11.0. The Bertz CT molecular complexity index is 1440. The van der Waals surface area contributed by atoms with Crippen molar-refractivity contribution in [3.05, 3.63) is 106 Å². The number of amides is 1. The van der Waals surface area contributed by atoms with E-state index in [2.05, 4.69) is 22.5 Å². The molecule has 5 rings (SSSR count). The summed E-state index contributed by atoms with van der Waals surface area (Å²) in [7, 11) is 1.56. The minimum atomic E-state index is -1.17. The van der Waals surface area contributed by atoms with E-state index < -0.39 is 18.1 Å². The molecule has 0 radical (unpaired) electrons. The van der Waals surface area contributed by atoms with Crippen LogP contribution < -0.4 is 10.1 Å². The average molecular weight is 532 g/mol.